The molecule has 0 fully saturated rings. The standard InChI is InChI=1S/C14H9BrF3N3/c15-11-4-5-12-19-20-13(21(12)8-11)7-9-2-1-3-10(6-9)14(16,17)18/h1-6,8H,7H2. The lowest BCUT2D eigenvalue weighted by molar-refractivity contribution is -0.137. The van der Waals surface area contributed by atoms with E-state index in [1.165, 1.54) is 6.07 Å². The van der Waals surface area contributed by atoms with Gasteiger partial charge in [-0.05, 0) is 39.7 Å². The molecule has 0 saturated heterocycles. The van der Waals surface area contributed by atoms with Crippen LogP contribution in [0.5, 0.6) is 0 Å². The fourth-order valence-electron chi connectivity index (χ4n) is 2.07. The van der Waals surface area contributed by atoms with Gasteiger partial charge in [-0.2, -0.15) is 13.2 Å². The lowest BCUT2D eigenvalue weighted by Gasteiger charge is -2.08. The number of fused-ring (bicyclic) bond motifs is 1. The molecule has 0 saturated carbocycles. The van der Waals surface area contributed by atoms with E-state index in [1.54, 1.807) is 22.7 Å². The van der Waals surface area contributed by atoms with Gasteiger partial charge in [0.1, 0.15) is 5.82 Å². The number of benzene rings is 1. The van der Waals surface area contributed by atoms with E-state index in [1.807, 2.05) is 6.07 Å². The summed E-state index contributed by atoms with van der Waals surface area (Å²) in [5.41, 5.74) is 0.536. The van der Waals surface area contributed by atoms with Gasteiger partial charge in [-0.3, -0.25) is 4.40 Å². The first-order chi connectivity index (χ1) is 9.93. The molecule has 7 heteroatoms. The summed E-state index contributed by atoms with van der Waals surface area (Å²) in [6.45, 7) is 0. The molecule has 0 atom stereocenters. The quantitative estimate of drug-likeness (QED) is 0.692. The third-order valence-corrected chi connectivity index (χ3v) is 3.52. The van der Waals surface area contributed by atoms with Crippen molar-refractivity contribution in [2.24, 2.45) is 0 Å². The second-order valence-corrected chi connectivity index (χ2v) is 5.48. The number of alkyl halides is 3. The second kappa shape index (κ2) is 5.14. The molecule has 0 amide bonds. The van der Waals surface area contributed by atoms with Gasteiger partial charge in [0, 0.05) is 17.1 Å². The molecule has 2 aromatic heterocycles. The van der Waals surface area contributed by atoms with Crippen LogP contribution in [0.25, 0.3) is 5.65 Å². The number of nitrogens with zero attached hydrogens (tertiary/aromatic N) is 3. The molecule has 0 spiro atoms. The average molecular weight is 356 g/mol. The summed E-state index contributed by atoms with van der Waals surface area (Å²) in [6.07, 6.45) is -2.27. The van der Waals surface area contributed by atoms with Gasteiger partial charge in [0.2, 0.25) is 0 Å². The number of aromatic nitrogens is 3. The first kappa shape index (κ1) is 14.1. The van der Waals surface area contributed by atoms with Gasteiger partial charge in [0.15, 0.2) is 5.65 Å². The molecule has 0 radical (unpaired) electrons. The maximum atomic E-state index is 12.7. The van der Waals surface area contributed by atoms with Crippen molar-refractivity contribution in [3.63, 3.8) is 0 Å². The van der Waals surface area contributed by atoms with Crippen molar-refractivity contribution in [1.82, 2.24) is 14.6 Å². The number of hydrogen-bond donors (Lipinski definition) is 0. The zero-order chi connectivity index (χ0) is 15.0. The van der Waals surface area contributed by atoms with Gasteiger partial charge in [0.05, 0.1) is 5.56 Å². The monoisotopic (exact) mass is 355 g/mol. The lowest BCUT2D eigenvalue weighted by Crippen LogP contribution is -2.06. The first-order valence-corrected chi connectivity index (χ1v) is 6.88. The van der Waals surface area contributed by atoms with E-state index in [-0.39, 0.29) is 6.42 Å². The number of halogens is 4. The van der Waals surface area contributed by atoms with Crippen LogP contribution in [0.1, 0.15) is 17.0 Å². The summed E-state index contributed by atoms with van der Waals surface area (Å²) < 4.78 is 40.7. The Morgan fingerprint density at radius 2 is 1.90 bits per heavy atom. The Labute approximate surface area is 126 Å². The van der Waals surface area contributed by atoms with Crippen LogP contribution in [-0.2, 0) is 12.6 Å². The molecule has 0 N–H and O–H groups in total. The zero-order valence-corrected chi connectivity index (χ0v) is 12.2. The molecule has 0 aliphatic heterocycles. The lowest BCUT2D eigenvalue weighted by atomic mass is 10.1. The molecule has 0 aliphatic rings. The van der Waals surface area contributed by atoms with Gasteiger partial charge in [-0.15, -0.1) is 10.2 Å². The molecule has 2 heterocycles. The molecule has 0 unspecified atom stereocenters. The first-order valence-electron chi connectivity index (χ1n) is 6.09. The summed E-state index contributed by atoms with van der Waals surface area (Å²) in [7, 11) is 0. The van der Waals surface area contributed by atoms with E-state index in [9.17, 15) is 13.2 Å². The van der Waals surface area contributed by atoms with Gasteiger partial charge in [-0.25, -0.2) is 0 Å². The van der Waals surface area contributed by atoms with Crippen molar-refractivity contribution >= 4 is 21.6 Å². The average Bonchev–Trinajstić information content (AvgIpc) is 2.81. The van der Waals surface area contributed by atoms with E-state index in [2.05, 4.69) is 26.1 Å². The summed E-state index contributed by atoms with van der Waals surface area (Å²) >= 11 is 3.35. The van der Waals surface area contributed by atoms with E-state index < -0.39 is 11.7 Å². The normalized spacial score (nSPS) is 12.0. The highest BCUT2D eigenvalue weighted by atomic mass is 79.9. The molecular formula is C14H9BrF3N3. The van der Waals surface area contributed by atoms with Crippen LogP contribution in [0.2, 0.25) is 0 Å². The topological polar surface area (TPSA) is 30.2 Å². The summed E-state index contributed by atoms with van der Waals surface area (Å²) in [5.74, 6) is 0.589. The maximum Gasteiger partial charge on any atom is 0.416 e. The molecular weight excluding hydrogens is 347 g/mol. The van der Waals surface area contributed by atoms with Crippen LogP contribution in [0.15, 0.2) is 47.1 Å². The van der Waals surface area contributed by atoms with E-state index in [0.29, 0.717) is 17.0 Å². The Balaban J connectivity index is 1.97. The molecule has 1 aromatic carbocycles. The van der Waals surface area contributed by atoms with Crippen LogP contribution in [-0.4, -0.2) is 14.6 Å². The van der Waals surface area contributed by atoms with Crippen LogP contribution < -0.4 is 0 Å². The minimum Gasteiger partial charge on any atom is -0.285 e. The van der Waals surface area contributed by atoms with Crippen molar-refractivity contribution in [2.75, 3.05) is 0 Å². The Morgan fingerprint density at radius 3 is 2.67 bits per heavy atom. The molecule has 3 rings (SSSR count). The predicted molar refractivity (Wildman–Crippen MR) is 74.9 cm³/mol. The molecule has 0 bridgehead atoms. The Hall–Kier alpha value is -1.89. The number of hydrogen-bond acceptors (Lipinski definition) is 2. The van der Waals surface area contributed by atoms with Crippen LogP contribution >= 0.6 is 15.9 Å². The third-order valence-electron chi connectivity index (χ3n) is 3.05. The molecule has 3 aromatic rings. The van der Waals surface area contributed by atoms with E-state index >= 15 is 0 Å². The van der Waals surface area contributed by atoms with Crippen molar-refractivity contribution in [3.8, 4) is 0 Å². The zero-order valence-electron chi connectivity index (χ0n) is 10.6. The highest BCUT2D eigenvalue weighted by Gasteiger charge is 2.30. The molecule has 0 aliphatic carbocycles. The molecule has 108 valence electrons. The summed E-state index contributed by atoms with van der Waals surface area (Å²) in [4.78, 5) is 0. The van der Waals surface area contributed by atoms with Crippen molar-refractivity contribution in [3.05, 3.63) is 64.0 Å². The van der Waals surface area contributed by atoms with Gasteiger partial charge in [0.25, 0.3) is 0 Å². The van der Waals surface area contributed by atoms with Crippen molar-refractivity contribution < 1.29 is 13.2 Å². The van der Waals surface area contributed by atoms with Gasteiger partial charge >= 0.3 is 6.18 Å². The predicted octanol–water partition coefficient (Wildman–Crippen LogP) is 4.10. The SMILES string of the molecule is FC(F)(F)c1cccc(Cc2nnc3ccc(Br)cn23)c1. The van der Waals surface area contributed by atoms with Crippen LogP contribution in [0.3, 0.4) is 0 Å². The van der Waals surface area contributed by atoms with Gasteiger partial charge in [-0.1, -0.05) is 18.2 Å². The van der Waals surface area contributed by atoms with Gasteiger partial charge < -0.3 is 0 Å². The maximum absolute atomic E-state index is 12.7. The third kappa shape index (κ3) is 2.92. The Morgan fingerprint density at radius 1 is 1.10 bits per heavy atom. The minimum absolute atomic E-state index is 0.279. The minimum atomic E-state index is -4.34. The highest BCUT2D eigenvalue weighted by Crippen LogP contribution is 2.30. The van der Waals surface area contributed by atoms with Crippen molar-refractivity contribution in [2.45, 2.75) is 12.6 Å². The highest BCUT2D eigenvalue weighted by molar-refractivity contribution is 9.10. The van der Waals surface area contributed by atoms with E-state index in [4.69, 9.17) is 0 Å². The smallest absolute Gasteiger partial charge is 0.285 e. The molecule has 21 heavy (non-hydrogen) atoms. The van der Waals surface area contributed by atoms with E-state index in [0.717, 1.165) is 16.6 Å². The summed E-state index contributed by atoms with van der Waals surface area (Å²) in [6, 6.07) is 8.86. The van der Waals surface area contributed by atoms with Crippen LogP contribution in [0, 0.1) is 0 Å². The van der Waals surface area contributed by atoms with Crippen LogP contribution in [0.4, 0.5) is 13.2 Å². The molecule has 3 nitrogen and oxygen atoms in total. The fraction of sp³-hybridized carbons (Fsp3) is 0.143. The fourth-order valence-corrected chi connectivity index (χ4v) is 2.41. The number of rotatable bonds is 2. The number of pyridine rings is 1. The summed E-state index contributed by atoms with van der Waals surface area (Å²) in [5, 5.41) is 8.03. The Bertz CT molecular complexity index is 796. The van der Waals surface area contributed by atoms with Crippen molar-refractivity contribution in [1.29, 1.82) is 0 Å². The Kier molecular flexibility index (Phi) is 3.44. The largest absolute Gasteiger partial charge is 0.416 e. The second-order valence-electron chi connectivity index (χ2n) is 4.57.